The molecule has 0 unspecified atom stereocenters. The number of aldehydes is 1. The number of hydrogen-bond acceptors (Lipinski definition) is 2. The summed E-state index contributed by atoms with van der Waals surface area (Å²) in [5, 5.41) is 0. The molecule has 0 saturated heterocycles. The Labute approximate surface area is 43.0 Å². The Kier molecular flexibility index (Phi) is 3.28. The van der Waals surface area contributed by atoms with Gasteiger partial charge >= 0.3 is 0 Å². The van der Waals surface area contributed by atoms with E-state index in [1.807, 2.05) is 0 Å². The predicted molar refractivity (Wildman–Crippen MR) is 29.2 cm³/mol. The molecule has 0 saturated carbocycles. The third-order valence-electron chi connectivity index (χ3n) is 0.700. The van der Waals surface area contributed by atoms with Gasteiger partial charge in [-0.3, -0.25) is 0 Å². The van der Waals surface area contributed by atoms with Crippen molar-refractivity contribution in [1.82, 2.24) is 0 Å². The van der Waals surface area contributed by atoms with Gasteiger partial charge in [-0.05, 0) is 6.32 Å². The fourth-order valence-electron chi connectivity index (χ4n) is 0.207. The molecule has 0 aromatic rings. The number of hydrogen-bond donors (Lipinski definition) is 0. The molecule has 0 heterocycles. The zero-order valence-electron chi connectivity index (χ0n) is 4.26. The van der Waals surface area contributed by atoms with Crippen LogP contribution in [0.1, 0.15) is 0 Å². The molecule has 0 radical (unpaired) electrons. The molecule has 0 aliphatic carbocycles. The molecule has 38 valence electrons. The molecule has 0 aliphatic rings. The molecule has 3 heteroatoms. The first kappa shape index (κ1) is 6.40. The van der Waals surface area contributed by atoms with Crippen LogP contribution in [0, 0.1) is 0 Å². The highest BCUT2D eigenvalue weighted by Gasteiger charge is 2.00. The van der Waals surface area contributed by atoms with Gasteiger partial charge in [-0.1, -0.05) is 6.82 Å². The molecule has 0 fully saturated rings. The van der Waals surface area contributed by atoms with Gasteiger partial charge in [0.25, 0.3) is 0 Å². The Hall–Kier alpha value is -0.595. The van der Waals surface area contributed by atoms with Gasteiger partial charge < -0.3 is 9.59 Å². The van der Waals surface area contributed by atoms with Crippen molar-refractivity contribution in [2.45, 2.75) is 13.1 Å². The van der Waals surface area contributed by atoms with Crippen LogP contribution >= 0.6 is 0 Å². The van der Waals surface area contributed by atoms with Crippen LogP contribution in [0.4, 0.5) is 0 Å². The lowest BCUT2D eigenvalue weighted by atomic mass is 9.52. The topological polar surface area (TPSA) is 34.1 Å². The van der Waals surface area contributed by atoms with Crippen molar-refractivity contribution >= 4 is 19.2 Å². The second kappa shape index (κ2) is 3.59. The Morgan fingerprint density at radius 2 is 2.14 bits per heavy atom. The Balaban J connectivity index is 3.15. The van der Waals surface area contributed by atoms with Gasteiger partial charge in [0.2, 0.25) is 6.71 Å². The van der Waals surface area contributed by atoms with Crippen LogP contribution < -0.4 is 0 Å². The monoisotopic (exact) mass is 98.1 g/mol. The fourth-order valence-corrected chi connectivity index (χ4v) is 0.207. The predicted octanol–water partition coefficient (Wildman–Crippen LogP) is 0.0818. The smallest absolute Gasteiger partial charge is 0.222 e. The third kappa shape index (κ3) is 3.23. The zero-order valence-corrected chi connectivity index (χ0v) is 4.26. The first-order valence-electron chi connectivity index (χ1n) is 2.20. The quantitative estimate of drug-likeness (QED) is 0.370. The summed E-state index contributed by atoms with van der Waals surface area (Å²) >= 11 is 0. The van der Waals surface area contributed by atoms with E-state index in [-0.39, 0.29) is 6.71 Å². The highest BCUT2D eigenvalue weighted by atomic mass is 16.1. The standard InChI is InChI=1S/C4H7BO2/c1-5(4-7)2-3-6/h3-4H,2H2,1H3. The molecule has 0 spiro atoms. The van der Waals surface area contributed by atoms with E-state index < -0.39 is 0 Å². The molecule has 7 heavy (non-hydrogen) atoms. The number of rotatable bonds is 3. The van der Waals surface area contributed by atoms with Crippen molar-refractivity contribution in [2.75, 3.05) is 0 Å². The van der Waals surface area contributed by atoms with E-state index in [2.05, 4.69) is 0 Å². The second-order valence-corrected chi connectivity index (χ2v) is 1.52. The fraction of sp³-hybridized carbons (Fsp3) is 0.500. The van der Waals surface area contributed by atoms with E-state index >= 15 is 0 Å². The van der Waals surface area contributed by atoms with E-state index in [1.54, 1.807) is 6.82 Å². The van der Waals surface area contributed by atoms with Crippen LogP contribution in [-0.4, -0.2) is 19.2 Å². The molecule has 0 bridgehead atoms. The highest BCUT2D eigenvalue weighted by Crippen LogP contribution is 1.79. The summed E-state index contributed by atoms with van der Waals surface area (Å²) in [5.74, 6) is 0. The summed E-state index contributed by atoms with van der Waals surface area (Å²) in [6, 6.07) is 0. The van der Waals surface area contributed by atoms with Gasteiger partial charge in [0.1, 0.15) is 6.29 Å². The third-order valence-corrected chi connectivity index (χ3v) is 0.700. The Morgan fingerprint density at radius 1 is 1.57 bits per heavy atom. The maximum atomic E-state index is 9.74. The minimum Gasteiger partial charge on any atom is -0.315 e. The molecule has 2 nitrogen and oxygen atoms in total. The molecule has 0 rings (SSSR count). The van der Waals surface area contributed by atoms with Crippen molar-refractivity contribution in [3.63, 3.8) is 0 Å². The van der Waals surface area contributed by atoms with Crippen molar-refractivity contribution in [2.24, 2.45) is 0 Å². The summed E-state index contributed by atoms with van der Waals surface area (Å²) in [6.45, 7) is 1.61. The van der Waals surface area contributed by atoms with Gasteiger partial charge in [0.15, 0.2) is 0 Å². The van der Waals surface area contributed by atoms with Gasteiger partial charge in [0, 0.05) is 0 Å². The summed E-state index contributed by atoms with van der Waals surface area (Å²) in [4.78, 5) is 19.4. The van der Waals surface area contributed by atoms with Gasteiger partial charge in [-0.25, -0.2) is 0 Å². The SMILES string of the molecule is CB(C=O)CC=O. The average molecular weight is 97.9 g/mol. The number of carbonyl (C=O) groups excluding carboxylic acids is 2. The van der Waals surface area contributed by atoms with Gasteiger partial charge in [-0.15, -0.1) is 0 Å². The summed E-state index contributed by atoms with van der Waals surface area (Å²) in [7, 11) is 0. The molecular formula is C4H7BO2. The van der Waals surface area contributed by atoms with E-state index in [0.717, 1.165) is 12.5 Å². The Bertz CT molecular complexity index is 72.1. The molecular weight excluding hydrogens is 90.9 g/mol. The Morgan fingerprint density at radius 3 is 2.29 bits per heavy atom. The molecule has 0 aliphatic heterocycles. The summed E-state index contributed by atoms with van der Waals surface area (Å²) in [6.07, 6.45) is 1.87. The summed E-state index contributed by atoms with van der Waals surface area (Å²) in [5.41, 5.74) is 0. The first-order valence-corrected chi connectivity index (χ1v) is 2.20. The van der Waals surface area contributed by atoms with Gasteiger partial charge in [0.05, 0.1) is 6.19 Å². The van der Waals surface area contributed by atoms with Crippen LogP contribution in [0.5, 0.6) is 0 Å². The molecule has 0 atom stereocenters. The van der Waals surface area contributed by atoms with Crippen LogP contribution in [0.2, 0.25) is 13.1 Å². The largest absolute Gasteiger partial charge is 0.315 e. The average Bonchev–Trinajstić information content (AvgIpc) is 1.68. The lowest BCUT2D eigenvalue weighted by molar-refractivity contribution is -0.106. The van der Waals surface area contributed by atoms with Crippen LogP contribution in [0.3, 0.4) is 0 Å². The maximum absolute atomic E-state index is 9.74. The van der Waals surface area contributed by atoms with E-state index in [0.29, 0.717) is 6.32 Å². The van der Waals surface area contributed by atoms with Gasteiger partial charge in [-0.2, -0.15) is 0 Å². The van der Waals surface area contributed by atoms with Crippen molar-refractivity contribution in [3.8, 4) is 0 Å². The maximum Gasteiger partial charge on any atom is 0.222 e. The van der Waals surface area contributed by atoms with Crippen LogP contribution in [-0.2, 0) is 9.59 Å². The first-order chi connectivity index (χ1) is 3.31. The minimum atomic E-state index is -0.0995. The van der Waals surface area contributed by atoms with E-state index in [4.69, 9.17) is 0 Å². The lowest BCUT2D eigenvalue weighted by Crippen LogP contribution is -2.07. The molecule has 0 amide bonds. The zero-order chi connectivity index (χ0) is 5.70. The molecule has 0 aromatic carbocycles. The van der Waals surface area contributed by atoms with E-state index in [9.17, 15) is 9.59 Å². The summed E-state index contributed by atoms with van der Waals surface area (Å²) < 4.78 is 0. The lowest BCUT2D eigenvalue weighted by Gasteiger charge is -1.82. The molecule has 0 N–H and O–H groups in total. The van der Waals surface area contributed by atoms with E-state index in [1.165, 1.54) is 0 Å². The van der Waals surface area contributed by atoms with Crippen molar-refractivity contribution in [1.29, 1.82) is 0 Å². The second-order valence-electron chi connectivity index (χ2n) is 1.52. The minimum absolute atomic E-state index is 0.0995. The number of carbonyl (C=O) groups is 2. The van der Waals surface area contributed by atoms with Crippen LogP contribution in [0.25, 0.3) is 0 Å². The molecule has 0 aromatic heterocycles. The van der Waals surface area contributed by atoms with Crippen molar-refractivity contribution in [3.05, 3.63) is 0 Å². The van der Waals surface area contributed by atoms with Crippen molar-refractivity contribution < 1.29 is 9.59 Å². The van der Waals surface area contributed by atoms with Crippen LogP contribution in [0.15, 0.2) is 0 Å². The highest BCUT2D eigenvalue weighted by molar-refractivity contribution is 6.84. The normalized spacial score (nSPS) is 7.57.